The van der Waals surface area contributed by atoms with Crippen molar-refractivity contribution in [3.05, 3.63) is 30.1 Å². The number of carbonyl (C=O) groups is 1. The van der Waals surface area contributed by atoms with Gasteiger partial charge in [0.2, 0.25) is 0 Å². The van der Waals surface area contributed by atoms with Gasteiger partial charge in [0, 0.05) is 18.6 Å². The van der Waals surface area contributed by atoms with E-state index in [4.69, 9.17) is 4.74 Å². The van der Waals surface area contributed by atoms with Crippen LogP contribution >= 0.6 is 0 Å². The third-order valence-electron chi connectivity index (χ3n) is 2.95. The van der Waals surface area contributed by atoms with Crippen LogP contribution in [0.25, 0.3) is 0 Å². The first kappa shape index (κ1) is 18.3. The molecule has 0 spiro atoms. The van der Waals surface area contributed by atoms with Gasteiger partial charge in [0.05, 0.1) is 5.69 Å². The number of hydrogen-bond donors (Lipinski definition) is 1. The van der Waals surface area contributed by atoms with E-state index in [0.717, 1.165) is 0 Å². The lowest BCUT2D eigenvalue weighted by Gasteiger charge is -2.37. The number of amides is 1. The molecule has 1 aromatic carbocycles. The quantitative estimate of drug-likeness (QED) is 0.903. The lowest BCUT2D eigenvalue weighted by molar-refractivity contribution is 0.00749. The van der Waals surface area contributed by atoms with Crippen molar-refractivity contribution < 1.29 is 13.9 Å². The summed E-state index contributed by atoms with van der Waals surface area (Å²) in [5.74, 6) is -0.304. The fraction of sp³-hybridized carbons (Fsp3) is 0.588. The van der Waals surface area contributed by atoms with Gasteiger partial charge in [-0.05, 0) is 53.7 Å². The van der Waals surface area contributed by atoms with E-state index in [0.29, 0.717) is 18.8 Å². The SMILES string of the molecule is CC(C)(C)OC(=O)N(CCNc1ccccc1F)C(C)(C)C. The summed E-state index contributed by atoms with van der Waals surface area (Å²) in [6.07, 6.45) is -0.365. The first-order chi connectivity index (χ1) is 10.0. The van der Waals surface area contributed by atoms with Crippen molar-refractivity contribution in [2.75, 3.05) is 18.4 Å². The van der Waals surface area contributed by atoms with Gasteiger partial charge in [-0.15, -0.1) is 0 Å². The molecular weight excluding hydrogens is 283 g/mol. The molecule has 0 saturated heterocycles. The number of nitrogens with one attached hydrogen (secondary N) is 1. The Kier molecular flexibility index (Phi) is 5.80. The highest BCUT2D eigenvalue weighted by Crippen LogP contribution is 2.18. The van der Waals surface area contributed by atoms with Crippen molar-refractivity contribution in [1.82, 2.24) is 4.90 Å². The van der Waals surface area contributed by atoms with E-state index in [1.54, 1.807) is 23.1 Å². The molecule has 0 saturated carbocycles. The van der Waals surface area contributed by atoms with Gasteiger partial charge < -0.3 is 15.0 Å². The molecule has 0 aliphatic heterocycles. The van der Waals surface area contributed by atoms with Crippen LogP contribution < -0.4 is 5.32 Å². The monoisotopic (exact) mass is 310 g/mol. The highest BCUT2D eigenvalue weighted by Gasteiger charge is 2.30. The van der Waals surface area contributed by atoms with E-state index in [9.17, 15) is 9.18 Å². The summed E-state index contributed by atoms with van der Waals surface area (Å²) >= 11 is 0. The van der Waals surface area contributed by atoms with Gasteiger partial charge in [0.25, 0.3) is 0 Å². The second kappa shape index (κ2) is 6.99. The molecule has 0 bridgehead atoms. The first-order valence-corrected chi connectivity index (χ1v) is 7.50. The van der Waals surface area contributed by atoms with Crippen molar-refractivity contribution in [2.45, 2.75) is 52.7 Å². The van der Waals surface area contributed by atoms with Crippen molar-refractivity contribution in [3.63, 3.8) is 0 Å². The molecule has 0 radical (unpaired) electrons. The fourth-order valence-corrected chi connectivity index (χ4v) is 1.92. The minimum absolute atomic E-state index is 0.304. The highest BCUT2D eigenvalue weighted by atomic mass is 19.1. The van der Waals surface area contributed by atoms with Gasteiger partial charge in [-0.1, -0.05) is 12.1 Å². The number of hydrogen-bond acceptors (Lipinski definition) is 3. The topological polar surface area (TPSA) is 41.6 Å². The summed E-state index contributed by atoms with van der Waals surface area (Å²) in [6.45, 7) is 12.2. The molecule has 0 aliphatic rings. The van der Waals surface area contributed by atoms with Crippen LogP contribution in [0.2, 0.25) is 0 Å². The zero-order valence-corrected chi connectivity index (χ0v) is 14.4. The van der Waals surface area contributed by atoms with E-state index in [1.165, 1.54) is 6.07 Å². The molecule has 1 rings (SSSR count). The molecule has 0 fully saturated rings. The van der Waals surface area contributed by atoms with Gasteiger partial charge in [0.1, 0.15) is 11.4 Å². The molecule has 0 aromatic heterocycles. The molecule has 124 valence electrons. The Hall–Kier alpha value is -1.78. The lowest BCUT2D eigenvalue weighted by Crippen LogP contribution is -2.49. The number of para-hydroxylation sites is 1. The summed E-state index contributed by atoms with van der Waals surface area (Å²) in [5.41, 5.74) is -0.487. The zero-order chi connectivity index (χ0) is 17.0. The molecule has 0 aliphatic carbocycles. The van der Waals surface area contributed by atoms with Crippen molar-refractivity contribution >= 4 is 11.8 Å². The number of rotatable bonds is 4. The van der Waals surface area contributed by atoms with Gasteiger partial charge in [0.15, 0.2) is 0 Å². The third-order valence-corrected chi connectivity index (χ3v) is 2.95. The molecular formula is C17H27FN2O2. The van der Waals surface area contributed by atoms with Crippen LogP contribution in [0.15, 0.2) is 24.3 Å². The molecule has 0 unspecified atom stereocenters. The van der Waals surface area contributed by atoms with Gasteiger partial charge in [-0.3, -0.25) is 0 Å². The molecule has 1 N–H and O–H groups in total. The Morgan fingerprint density at radius 2 is 1.77 bits per heavy atom. The maximum Gasteiger partial charge on any atom is 0.410 e. The Bertz CT molecular complexity index is 504. The van der Waals surface area contributed by atoms with E-state index in [-0.39, 0.29) is 17.4 Å². The number of anilines is 1. The first-order valence-electron chi connectivity index (χ1n) is 7.50. The molecule has 0 heterocycles. The van der Waals surface area contributed by atoms with Crippen molar-refractivity contribution in [3.8, 4) is 0 Å². The minimum Gasteiger partial charge on any atom is -0.444 e. The van der Waals surface area contributed by atoms with Gasteiger partial charge in [-0.25, -0.2) is 9.18 Å². The largest absolute Gasteiger partial charge is 0.444 e. The van der Waals surface area contributed by atoms with E-state index in [2.05, 4.69) is 5.32 Å². The predicted molar refractivity (Wildman–Crippen MR) is 87.6 cm³/mol. The average Bonchev–Trinajstić information content (AvgIpc) is 2.32. The van der Waals surface area contributed by atoms with Crippen LogP contribution in [0.1, 0.15) is 41.5 Å². The summed E-state index contributed by atoms with van der Waals surface area (Å²) < 4.78 is 19.0. The maximum atomic E-state index is 13.6. The molecule has 1 aromatic rings. The normalized spacial score (nSPS) is 12.0. The number of ether oxygens (including phenoxy) is 1. The number of nitrogens with zero attached hydrogens (tertiary/aromatic N) is 1. The summed E-state index contributed by atoms with van der Waals surface area (Å²) in [4.78, 5) is 14.0. The molecule has 22 heavy (non-hydrogen) atoms. The molecule has 4 nitrogen and oxygen atoms in total. The maximum absolute atomic E-state index is 13.6. The van der Waals surface area contributed by atoms with E-state index in [1.807, 2.05) is 41.5 Å². The fourth-order valence-electron chi connectivity index (χ4n) is 1.92. The molecule has 5 heteroatoms. The predicted octanol–water partition coefficient (Wildman–Crippen LogP) is 4.27. The number of halogens is 1. The van der Waals surface area contributed by atoms with E-state index >= 15 is 0 Å². The highest BCUT2D eigenvalue weighted by molar-refractivity contribution is 5.69. The Morgan fingerprint density at radius 3 is 2.27 bits per heavy atom. The Labute approximate surface area is 132 Å². The van der Waals surface area contributed by atoms with Crippen LogP contribution in [-0.2, 0) is 4.74 Å². The van der Waals surface area contributed by atoms with Gasteiger partial charge in [-0.2, -0.15) is 0 Å². The van der Waals surface area contributed by atoms with Crippen LogP contribution in [0.4, 0.5) is 14.9 Å². The second-order valence-corrected chi connectivity index (χ2v) is 7.21. The third kappa shape index (κ3) is 5.92. The number of carbonyl (C=O) groups excluding carboxylic acids is 1. The summed E-state index contributed by atoms with van der Waals surface area (Å²) in [5, 5.41) is 3.01. The zero-order valence-electron chi connectivity index (χ0n) is 14.4. The Morgan fingerprint density at radius 1 is 1.18 bits per heavy atom. The summed E-state index contributed by atoms with van der Waals surface area (Å²) in [6, 6.07) is 6.48. The summed E-state index contributed by atoms with van der Waals surface area (Å²) in [7, 11) is 0. The van der Waals surface area contributed by atoms with Crippen LogP contribution in [0.3, 0.4) is 0 Å². The molecule has 1 amide bonds. The smallest absolute Gasteiger partial charge is 0.410 e. The van der Waals surface area contributed by atoms with Crippen molar-refractivity contribution in [1.29, 1.82) is 0 Å². The van der Waals surface area contributed by atoms with E-state index < -0.39 is 5.60 Å². The standard InChI is InChI=1S/C17H27FN2O2/c1-16(2,3)20(15(21)22-17(4,5)6)12-11-19-14-10-8-7-9-13(14)18/h7-10,19H,11-12H2,1-6H3. The molecule has 0 atom stereocenters. The lowest BCUT2D eigenvalue weighted by atomic mass is 10.1. The van der Waals surface area contributed by atoms with Gasteiger partial charge >= 0.3 is 6.09 Å². The van der Waals surface area contributed by atoms with Crippen LogP contribution in [0.5, 0.6) is 0 Å². The number of benzene rings is 1. The second-order valence-electron chi connectivity index (χ2n) is 7.21. The minimum atomic E-state index is -0.542. The van der Waals surface area contributed by atoms with Crippen molar-refractivity contribution in [2.24, 2.45) is 0 Å². The van der Waals surface area contributed by atoms with Crippen LogP contribution in [-0.4, -0.2) is 35.2 Å². The average molecular weight is 310 g/mol. The van der Waals surface area contributed by atoms with Crippen LogP contribution in [0, 0.1) is 5.82 Å². The Balaban J connectivity index is 2.67.